The molecule has 2 amide bonds. The molecule has 1 saturated heterocycles. The van der Waals surface area contributed by atoms with Crippen molar-refractivity contribution < 1.29 is 18.4 Å². The minimum absolute atomic E-state index is 0.219. The van der Waals surface area contributed by atoms with Crippen LogP contribution in [0.3, 0.4) is 0 Å². The molecule has 1 unspecified atom stereocenters. The van der Waals surface area contributed by atoms with E-state index in [-0.39, 0.29) is 17.4 Å². The average molecular weight is 330 g/mol. The molecule has 2 aromatic rings. The second-order valence-electron chi connectivity index (χ2n) is 5.66. The molecule has 1 heterocycles. The number of amides is 2. The van der Waals surface area contributed by atoms with E-state index in [0.717, 1.165) is 6.07 Å². The molecule has 1 atom stereocenters. The first-order chi connectivity index (χ1) is 11.5. The van der Waals surface area contributed by atoms with Gasteiger partial charge < -0.3 is 10.2 Å². The zero-order valence-electron chi connectivity index (χ0n) is 12.8. The third-order valence-corrected chi connectivity index (χ3v) is 4.00. The van der Waals surface area contributed by atoms with Crippen LogP contribution in [-0.2, 0) is 4.79 Å². The third-order valence-electron chi connectivity index (χ3n) is 4.00. The highest BCUT2D eigenvalue weighted by Crippen LogP contribution is 2.22. The summed E-state index contributed by atoms with van der Waals surface area (Å²) in [5.74, 6) is -1.58. The molecule has 2 aromatic carbocycles. The zero-order valence-corrected chi connectivity index (χ0v) is 12.8. The van der Waals surface area contributed by atoms with E-state index in [1.807, 2.05) is 0 Å². The molecule has 1 aliphatic heterocycles. The minimum atomic E-state index is -0.620. The second kappa shape index (κ2) is 6.78. The molecule has 1 N–H and O–H groups in total. The van der Waals surface area contributed by atoms with Crippen molar-refractivity contribution in [2.75, 3.05) is 11.9 Å². The predicted molar refractivity (Wildman–Crippen MR) is 85.5 cm³/mol. The number of likely N-dealkylation sites (tertiary alicyclic amines) is 1. The molecule has 0 aliphatic carbocycles. The Kier molecular flexibility index (Phi) is 4.55. The Morgan fingerprint density at radius 2 is 1.79 bits per heavy atom. The molecule has 4 nitrogen and oxygen atoms in total. The van der Waals surface area contributed by atoms with Gasteiger partial charge >= 0.3 is 0 Å². The van der Waals surface area contributed by atoms with Crippen LogP contribution < -0.4 is 5.32 Å². The van der Waals surface area contributed by atoms with Crippen molar-refractivity contribution in [2.45, 2.75) is 18.9 Å². The number of benzene rings is 2. The molecule has 1 fully saturated rings. The Hall–Kier alpha value is -2.76. The molecule has 0 spiro atoms. The lowest BCUT2D eigenvalue weighted by Gasteiger charge is -2.24. The highest BCUT2D eigenvalue weighted by Gasteiger charge is 2.34. The van der Waals surface area contributed by atoms with Crippen molar-refractivity contribution in [3.8, 4) is 0 Å². The summed E-state index contributed by atoms with van der Waals surface area (Å²) in [4.78, 5) is 26.4. The zero-order chi connectivity index (χ0) is 17.1. The fourth-order valence-corrected chi connectivity index (χ4v) is 2.83. The van der Waals surface area contributed by atoms with Crippen LogP contribution in [0.1, 0.15) is 23.2 Å². The van der Waals surface area contributed by atoms with E-state index >= 15 is 0 Å². The summed E-state index contributed by atoms with van der Waals surface area (Å²) in [5, 5.41) is 2.69. The molecule has 0 radical (unpaired) electrons. The van der Waals surface area contributed by atoms with E-state index < -0.39 is 17.7 Å². The summed E-state index contributed by atoms with van der Waals surface area (Å²) in [6, 6.07) is 10.2. The Labute approximate surface area is 138 Å². The fraction of sp³-hybridized carbons (Fsp3) is 0.222. The van der Waals surface area contributed by atoms with E-state index in [9.17, 15) is 18.4 Å². The summed E-state index contributed by atoms with van der Waals surface area (Å²) < 4.78 is 26.2. The molecular formula is C18H16F2N2O2. The largest absolute Gasteiger partial charge is 0.327 e. The summed E-state index contributed by atoms with van der Waals surface area (Å²) in [6.07, 6.45) is 1.23. The Morgan fingerprint density at radius 1 is 1.04 bits per heavy atom. The average Bonchev–Trinajstić information content (AvgIpc) is 3.06. The van der Waals surface area contributed by atoms with E-state index in [0.29, 0.717) is 25.1 Å². The number of hydrogen-bond donors (Lipinski definition) is 1. The van der Waals surface area contributed by atoms with Gasteiger partial charge in [0.05, 0.1) is 0 Å². The fourth-order valence-electron chi connectivity index (χ4n) is 2.83. The number of nitrogens with one attached hydrogen (secondary N) is 1. The number of carbonyl (C=O) groups excluding carboxylic acids is 2. The smallest absolute Gasteiger partial charge is 0.254 e. The second-order valence-corrected chi connectivity index (χ2v) is 5.66. The molecule has 0 aromatic heterocycles. The van der Waals surface area contributed by atoms with Crippen molar-refractivity contribution >= 4 is 17.5 Å². The summed E-state index contributed by atoms with van der Waals surface area (Å²) in [7, 11) is 0. The van der Waals surface area contributed by atoms with E-state index in [1.54, 1.807) is 0 Å². The van der Waals surface area contributed by atoms with Gasteiger partial charge in [-0.3, -0.25) is 9.59 Å². The maximum atomic E-state index is 13.3. The van der Waals surface area contributed by atoms with Gasteiger partial charge in [-0.2, -0.15) is 0 Å². The molecule has 24 heavy (non-hydrogen) atoms. The highest BCUT2D eigenvalue weighted by molar-refractivity contribution is 6.01. The number of anilines is 1. The highest BCUT2D eigenvalue weighted by atomic mass is 19.1. The van der Waals surface area contributed by atoms with Crippen LogP contribution in [-0.4, -0.2) is 29.3 Å². The van der Waals surface area contributed by atoms with Crippen molar-refractivity contribution in [2.24, 2.45) is 0 Å². The van der Waals surface area contributed by atoms with Gasteiger partial charge in [-0.25, -0.2) is 8.78 Å². The van der Waals surface area contributed by atoms with Crippen molar-refractivity contribution in [3.63, 3.8) is 0 Å². The molecular weight excluding hydrogens is 314 g/mol. The molecule has 6 heteroatoms. The van der Waals surface area contributed by atoms with E-state index in [2.05, 4.69) is 5.32 Å². The maximum Gasteiger partial charge on any atom is 0.254 e. The molecule has 0 saturated carbocycles. The first-order valence-electron chi connectivity index (χ1n) is 7.67. The van der Waals surface area contributed by atoms with Crippen molar-refractivity contribution in [1.29, 1.82) is 0 Å². The summed E-state index contributed by atoms with van der Waals surface area (Å²) >= 11 is 0. The standard InChI is InChI=1S/C18H16F2N2O2/c19-13-6-8-15(9-7-13)21-17(23)16-5-2-10-22(16)18(24)12-3-1-4-14(20)11-12/h1,3-4,6-9,11,16H,2,5,10H2,(H,21,23). The van der Waals surface area contributed by atoms with Crippen molar-refractivity contribution in [3.05, 3.63) is 65.7 Å². The lowest BCUT2D eigenvalue weighted by Crippen LogP contribution is -2.43. The molecule has 1 aliphatic rings. The quantitative estimate of drug-likeness (QED) is 0.939. The number of hydrogen-bond acceptors (Lipinski definition) is 2. The Bertz CT molecular complexity index is 762. The first kappa shape index (κ1) is 16.1. The van der Waals surface area contributed by atoms with Gasteiger partial charge in [0.1, 0.15) is 17.7 Å². The van der Waals surface area contributed by atoms with Gasteiger partial charge in [0.25, 0.3) is 5.91 Å². The molecule has 3 rings (SSSR count). The molecule has 124 valence electrons. The third kappa shape index (κ3) is 3.42. The number of nitrogens with zero attached hydrogens (tertiary/aromatic N) is 1. The van der Waals surface area contributed by atoms with Crippen LogP contribution in [0.25, 0.3) is 0 Å². The number of halogens is 2. The minimum Gasteiger partial charge on any atom is -0.327 e. The van der Waals surface area contributed by atoms with Crippen LogP contribution >= 0.6 is 0 Å². The maximum absolute atomic E-state index is 13.3. The predicted octanol–water partition coefficient (Wildman–Crippen LogP) is 3.21. The topological polar surface area (TPSA) is 49.4 Å². The van der Waals surface area contributed by atoms with Gasteiger partial charge in [-0.15, -0.1) is 0 Å². The van der Waals surface area contributed by atoms with Crippen LogP contribution in [0.2, 0.25) is 0 Å². The van der Waals surface area contributed by atoms with Gasteiger partial charge in [-0.05, 0) is 55.3 Å². The van der Waals surface area contributed by atoms with Crippen LogP contribution in [0.15, 0.2) is 48.5 Å². The van der Waals surface area contributed by atoms with Gasteiger partial charge in [0.2, 0.25) is 5.91 Å². The Morgan fingerprint density at radius 3 is 2.50 bits per heavy atom. The normalized spacial score (nSPS) is 16.9. The van der Waals surface area contributed by atoms with Gasteiger partial charge in [0, 0.05) is 17.8 Å². The number of carbonyl (C=O) groups is 2. The lowest BCUT2D eigenvalue weighted by molar-refractivity contribution is -0.119. The number of rotatable bonds is 3. The van der Waals surface area contributed by atoms with E-state index in [1.165, 1.54) is 47.4 Å². The lowest BCUT2D eigenvalue weighted by atomic mass is 10.1. The Balaban J connectivity index is 1.73. The summed E-state index contributed by atoms with van der Waals surface area (Å²) in [5.41, 5.74) is 0.683. The van der Waals surface area contributed by atoms with Gasteiger partial charge in [0.15, 0.2) is 0 Å². The van der Waals surface area contributed by atoms with Crippen molar-refractivity contribution in [1.82, 2.24) is 4.90 Å². The van der Waals surface area contributed by atoms with E-state index in [4.69, 9.17) is 0 Å². The first-order valence-corrected chi connectivity index (χ1v) is 7.67. The van der Waals surface area contributed by atoms with Crippen LogP contribution in [0.4, 0.5) is 14.5 Å². The SMILES string of the molecule is O=C(Nc1ccc(F)cc1)C1CCCN1C(=O)c1cccc(F)c1. The monoisotopic (exact) mass is 330 g/mol. The summed E-state index contributed by atoms with van der Waals surface area (Å²) in [6.45, 7) is 0.441. The van der Waals surface area contributed by atoms with Crippen LogP contribution in [0, 0.1) is 11.6 Å². The molecule has 0 bridgehead atoms. The van der Waals surface area contributed by atoms with Gasteiger partial charge in [-0.1, -0.05) is 6.07 Å². The van der Waals surface area contributed by atoms with Crippen LogP contribution in [0.5, 0.6) is 0 Å².